The maximum absolute atomic E-state index is 11.8. The summed E-state index contributed by atoms with van der Waals surface area (Å²) in [6.45, 7) is 12.0. The molecule has 0 saturated heterocycles. The summed E-state index contributed by atoms with van der Waals surface area (Å²) in [5.74, 6) is -1.44. The first kappa shape index (κ1) is 21.4. The molecule has 0 bridgehead atoms. The zero-order valence-electron chi connectivity index (χ0n) is 15.2. The molecule has 0 aromatic rings. The van der Waals surface area contributed by atoms with Gasteiger partial charge in [0, 0.05) is 6.42 Å². The Morgan fingerprint density at radius 2 is 1.39 bits per heavy atom. The quantitative estimate of drug-likeness (QED) is 0.710. The van der Waals surface area contributed by atoms with Crippen LogP contribution in [0.25, 0.3) is 0 Å². The summed E-state index contributed by atoms with van der Waals surface area (Å²) in [5, 5.41) is 2.52. The number of rotatable bonds is 6. The van der Waals surface area contributed by atoms with Crippen LogP contribution < -0.4 is 11.1 Å². The third kappa shape index (κ3) is 10.7. The molecule has 1 amide bonds. The summed E-state index contributed by atoms with van der Waals surface area (Å²) in [6, 6.07) is -1.64. The van der Waals surface area contributed by atoms with E-state index in [2.05, 4.69) is 5.32 Å². The van der Waals surface area contributed by atoms with Crippen LogP contribution in [0.3, 0.4) is 0 Å². The minimum atomic E-state index is -0.878. The Kier molecular flexibility index (Phi) is 7.70. The van der Waals surface area contributed by atoms with Crippen LogP contribution >= 0.6 is 0 Å². The van der Waals surface area contributed by atoms with Gasteiger partial charge in [-0.25, -0.2) is 4.79 Å². The predicted molar refractivity (Wildman–Crippen MR) is 86.5 cm³/mol. The third-order valence-corrected chi connectivity index (χ3v) is 2.53. The average molecular weight is 330 g/mol. The molecule has 0 radical (unpaired) electrons. The minimum Gasteiger partial charge on any atom is -0.459 e. The second-order valence-electron chi connectivity index (χ2n) is 7.50. The minimum absolute atomic E-state index is 0.0214. The SMILES string of the molecule is C[C@@H](NC(=O)CC[C@H](N)C(=O)OC(C)(C)C)C(=O)OC(C)(C)C. The van der Waals surface area contributed by atoms with Gasteiger partial charge >= 0.3 is 11.9 Å². The van der Waals surface area contributed by atoms with Crippen molar-refractivity contribution >= 4 is 17.8 Å². The number of hydrogen-bond acceptors (Lipinski definition) is 6. The molecule has 7 heteroatoms. The standard InChI is InChI=1S/C16H30N2O5/c1-10(13(20)22-15(2,3)4)18-12(19)9-8-11(17)14(21)23-16(5,6)7/h10-11H,8-9,17H2,1-7H3,(H,18,19)/t10-,11+/m1/s1. The lowest BCUT2D eigenvalue weighted by molar-refractivity contribution is -0.159. The molecule has 0 aliphatic rings. The molecule has 7 nitrogen and oxygen atoms in total. The summed E-state index contributed by atoms with van der Waals surface area (Å²) in [4.78, 5) is 35.3. The van der Waals surface area contributed by atoms with Crippen molar-refractivity contribution in [1.29, 1.82) is 0 Å². The van der Waals surface area contributed by atoms with E-state index in [9.17, 15) is 14.4 Å². The largest absolute Gasteiger partial charge is 0.459 e. The number of carbonyl (C=O) groups is 3. The van der Waals surface area contributed by atoms with E-state index < -0.39 is 35.2 Å². The molecule has 23 heavy (non-hydrogen) atoms. The van der Waals surface area contributed by atoms with Crippen molar-refractivity contribution in [3.63, 3.8) is 0 Å². The Morgan fingerprint density at radius 1 is 0.957 bits per heavy atom. The Balaban J connectivity index is 4.25. The Morgan fingerprint density at radius 3 is 1.83 bits per heavy atom. The average Bonchev–Trinajstić information content (AvgIpc) is 2.31. The van der Waals surface area contributed by atoms with Gasteiger partial charge in [0.1, 0.15) is 23.3 Å². The van der Waals surface area contributed by atoms with Crippen LogP contribution in [0.1, 0.15) is 61.3 Å². The maximum atomic E-state index is 11.8. The van der Waals surface area contributed by atoms with Gasteiger partial charge in [-0.2, -0.15) is 0 Å². The monoisotopic (exact) mass is 330 g/mol. The molecule has 0 aliphatic carbocycles. The Labute approximate surface area is 138 Å². The smallest absolute Gasteiger partial charge is 0.328 e. The van der Waals surface area contributed by atoms with E-state index in [0.717, 1.165) is 0 Å². The molecule has 0 aliphatic heterocycles. The van der Waals surface area contributed by atoms with Crippen molar-refractivity contribution in [2.24, 2.45) is 5.73 Å². The first-order chi connectivity index (χ1) is 10.2. The molecule has 2 atom stereocenters. The highest BCUT2D eigenvalue weighted by Gasteiger charge is 2.25. The van der Waals surface area contributed by atoms with Crippen molar-refractivity contribution < 1.29 is 23.9 Å². The summed E-state index contributed by atoms with van der Waals surface area (Å²) < 4.78 is 10.3. The molecule has 0 aromatic heterocycles. The molecule has 0 spiro atoms. The van der Waals surface area contributed by atoms with Crippen LogP contribution in [-0.2, 0) is 23.9 Å². The second-order valence-corrected chi connectivity index (χ2v) is 7.50. The molecule has 0 fully saturated rings. The third-order valence-electron chi connectivity index (χ3n) is 2.53. The van der Waals surface area contributed by atoms with Gasteiger partial charge in [0.05, 0.1) is 0 Å². The van der Waals surface area contributed by atoms with Crippen LogP contribution in [-0.4, -0.2) is 41.1 Å². The fraction of sp³-hybridized carbons (Fsp3) is 0.812. The zero-order chi connectivity index (χ0) is 18.4. The number of esters is 2. The molecule has 0 saturated carbocycles. The highest BCUT2D eigenvalue weighted by Crippen LogP contribution is 2.10. The Bertz CT molecular complexity index is 435. The van der Waals surface area contributed by atoms with Crippen molar-refractivity contribution in [2.75, 3.05) is 0 Å². The summed E-state index contributed by atoms with van der Waals surface area (Å²) >= 11 is 0. The normalized spacial score (nSPS) is 14.6. The zero-order valence-corrected chi connectivity index (χ0v) is 15.2. The van der Waals surface area contributed by atoms with Gasteiger partial charge in [0.25, 0.3) is 0 Å². The van der Waals surface area contributed by atoms with E-state index in [4.69, 9.17) is 15.2 Å². The van der Waals surface area contributed by atoms with Gasteiger partial charge in [-0.05, 0) is 54.9 Å². The lowest BCUT2D eigenvalue weighted by Crippen LogP contribution is -2.43. The molecular weight excluding hydrogens is 300 g/mol. The van der Waals surface area contributed by atoms with E-state index in [1.54, 1.807) is 48.5 Å². The number of ether oxygens (including phenoxy) is 2. The molecule has 0 aromatic carbocycles. The lowest BCUT2D eigenvalue weighted by atomic mass is 10.1. The van der Waals surface area contributed by atoms with Gasteiger partial charge in [-0.15, -0.1) is 0 Å². The fourth-order valence-electron chi connectivity index (χ4n) is 1.54. The lowest BCUT2D eigenvalue weighted by Gasteiger charge is -2.23. The number of nitrogens with two attached hydrogens (primary N) is 1. The number of amides is 1. The van der Waals surface area contributed by atoms with E-state index in [0.29, 0.717) is 0 Å². The van der Waals surface area contributed by atoms with Crippen LogP contribution in [0, 0.1) is 0 Å². The molecule has 0 heterocycles. The van der Waals surface area contributed by atoms with Crippen LogP contribution in [0.15, 0.2) is 0 Å². The molecule has 0 rings (SSSR count). The summed E-state index contributed by atoms with van der Waals surface area (Å²) in [5.41, 5.74) is 4.46. The number of nitrogens with one attached hydrogen (secondary N) is 1. The van der Waals surface area contributed by atoms with Crippen molar-refractivity contribution in [3.8, 4) is 0 Å². The number of carbonyl (C=O) groups excluding carboxylic acids is 3. The first-order valence-corrected chi connectivity index (χ1v) is 7.72. The van der Waals surface area contributed by atoms with E-state index >= 15 is 0 Å². The molecule has 3 N–H and O–H groups in total. The van der Waals surface area contributed by atoms with Crippen LogP contribution in [0.4, 0.5) is 0 Å². The highest BCUT2D eigenvalue weighted by molar-refractivity contribution is 5.85. The van der Waals surface area contributed by atoms with E-state index in [-0.39, 0.29) is 18.7 Å². The van der Waals surface area contributed by atoms with Gasteiger partial charge in [0.15, 0.2) is 0 Å². The topological polar surface area (TPSA) is 108 Å². The van der Waals surface area contributed by atoms with Crippen LogP contribution in [0.5, 0.6) is 0 Å². The van der Waals surface area contributed by atoms with Crippen LogP contribution in [0.2, 0.25) is 0 Å². The molecule has 0 unspecified atom stereocenters. The van der Waals surface area contributed by atoms with Crippen molar-refractivity contribution in [2.45, 2.75) is 84.6 Å². The van der Waals surface area contributed by atoms with E-state index in [1.165, 1.54) is 0 Å². The van der Waals surface area contributed by atoms with Crippen molar-refractivity contribution in [3.05, 3.63) is 0 Å². The predicted octanol–water partition coefficient (Wildman–Crippen LogP) is 1.28. The van der Waals surface area contributed by atoms with Crippen molar-refractivity contribution in [1.82, 2.24) is 5.32 Å². The molecule has 134 valence electrons. The Hall–Kier alpha value is -1.63. The number of hydrogen-bond donors (Lipinski definition) is 2. The second kappa shape index (κ2) is 8.29. The van der Waals surface area contributed by atoms with Gasteiger partial charge in [-0.1, -0.05) is 0 Å². The fourth-order valence-corrected chi connectivity index (χ4v) is 1.54. The first-order valence-electron chi connectivity index (χ1n) is 7.72. The summed E-state index contributed by atoms with van der Waals surface area (Å²) in [7, 11) is 0. The van der Waals surface area contributed by atoms with Gasteiger partial charge in [-0.3, -0.25) is 9.59 Å². The highest BCUT2D eigenvalue weighted by atomic mass is 16.6. The molecular formula is C16H30N2O5. The van der Waals surface area contributed by atoms with Gasteiger partial charge in [0.2, 0.25) is 5.91 Å². The maximum Gasteiger partial charge on any atom is 0.328 e. The summed E-state index contributed by atoms with van der Waals surface area (Å²) in [6.07, 6.45) is 0.162. The van der Waals surface area contributed by atoms with E-state index in [1.807, 2.05) is 0 Å². The van der Waals surface area contributed by atoms with Gasteiger partial charge < -0.3 is 20.5 Å².